The van der Waals surface area contributed by atoms with Crippen molar-refractivity contribution in [1.82, 2.24) is 0 Å². The summed E-state index contributed by atoms with van der Waals surface area (Å²) in [5, 5.41) is 0. The zero-order valence-corrected chi connectivity index (χ0v) is 14.6. The molecule has 0 radical (unpaired) electrons. The number of allylic oxidation sites excluding steroid dienone is 2. The first-order valence-electron chi connectivity index (χ1n) is 9.49. The van der Waals surface area contributed by atoms with Crippen molar-refractivity contribution in [3.8, 4) is 0 Å². The highest BCUT2D eigenvalue weighted by Crippen LogP contribution is 2.40. The van der Waals surface area contributed by atoms with Gasteiger partial charge in [0.15, 0.2) is 5.78 Å². The van der Waals surface area contributed by atoms with Gasteiger partial charge in [0.2, 0.25) is 0 Å². The highest BCUT2D eigenvalue weighted by molar-refractivity contribution is 5.87. The average Bonchev–Trinajstić information content (AvgIpc) is 2.54. The van der Waals surface area contributed by atoms with Gasteiger partial charge in [-0.15, -0.1) is 0 Å². The Morgan fingerprint density at radius 3 is 2.14 bits per heavy atom. The summed E-state index contributed by atoms with van der Waals surface area (Å²) in [4.78, 5) is 11.0. The number of unbranched alkanes of at least 4 members (excludes halogenated alkanes) is 1. The fourth-order valence-electron chi connectivity index (χ4n) is 4.20. The molecule has 0 heterocycles. The minimum atomic E-state index is 0.184. The molecular formula is C20H34O2. The van der Waals surface area contributed by atoms with Crippen LogP contribution in [0.15, 0.2) is 12.2 Å². The summed E-state index contributed by atoms with van der Waals surface area (Å²) in [5.74, 6) is 2.69. The van der Waals surface area contributed by atoms with Crippen LogP contribution in [0.3, 0.4) is 0 Å². The Morgan fingerprint density at radius 1 is 1.00 bits per heavy atom. The van der Waals surface area contributed by atoms with Crippen molar-refractivity contribution in [3.05, 3.63) is 12.2 Å². The lowest BCUT2D eigenvalue weighted by Gasteiger charge is -2.37. The van der Waals surface area contributed by atoms with Crippen LogP contribution >= 0.6 is 0 Å². The zero-order valence-electron chi connectivity index (χ0n) is 14.6. The smallest absolute Gasteiger partial charge is 0.152 e. The van der Waals surface area contributed by atoms with E-state index in [4.69, 9.17) is 4.74 Å². The van der Waals surface area contributed by atoms with Crippen molar-refractivity contribution >= 4 is 5.78 Å². The Kier molecular flexibility index (Phi) is 7.65. The van der Waals surface area contributed by atoms with Crippen molar-refractivity contribution in [2.24, 2.45) is 17.8 Å². The van der Waals surface area contributed by atoms with Crippen LogP contribution in [0.4, 0.5) is 0 Å². The summed E-state index contributed by atoms with van der Waals surface area (Å²) in [5.41, 5.74) is 0. The number of hydrogen-bond donors (Lipinski definition) is 0. The summed E-state index contributed by atoms with van der Waals surface area (Å²) in [6.45, 7) is 4.82. The van der Waals surface area contributed by atoms with Gasteiger partial charge >= 0.3 is 0 Å². The topological polar surface area (TPSA) is 26.3 Å². The molecule has 2 nitrogen and oxygen atoms in total. The number of ether oxygens (including phenoxy) is 1. The summed E-state index contributed by atoms with van der Waals surface area (Å²) < 4.78 is 5.99. The van der Waals surface area contributed by atoms with E-state index in [1.165, 1.54) is 64.2 Å². The number of carbonyl (C=O) groups is 1. The molecule has 0 saturated heterocycles. The van der Waals surface area contributed by atoms with Crippen LogP contribution in [0, 0.1) is 17.8 Å². The molecule has 2 saturated carbocycles. The molecule has 0 aromatic heterocycles. The van der Waals surface area contributed by atoms with Crippen LogP contribution in [0.5, 0.6) is 0 Å². The van der Waals surface area contributed by atoms with Gasteiger partial charge in [-0.05, 0) is 88.5 Å². The third-order valence-electron chi connectivity index (χ3n) is 5.66. The molecule has 0 aromatic rings. The average molecular weight is 306 g/mol. The molecule has 126 valence electrons. The normalized spacial score (nSPS) is 33.2. The largest absolute Gasteiger partial charge is 0.378 e. The lowest BCUT2D eigenvalue weighted by Crippen LogP contribution is -2.28. The zero-order chi connectivity index (χ0) is 15.8. The second-order valence-electron chi connectivity index (χ2n) is 7.41. The Bertz CT molecular complexity index is 345. The maximum absolute atomic E-state index is 11.0. The van der Waals surface area contributed by atoms with Crippen molar-refractivity contribution in [2.75, 3.05) is 6.61 Å². The molecule has 2 aliphatic rings. The molecule has 2 heteroatoms. The van der Waals surface area contributed by atoms with Gasteiger partial charge in [-0.1, -0.05) is 19.4 Å². The standard InChI is InChI=1S/C20H34O2/c1-3-4-15-22-20-13-11-19(12-14-20)18-9-7-17(8-10-18)6-5-16(2)21/h5-6,17-20H,3-4,7-15H2,1-2H3. The Labute approximate surface area is 136 Å². The summed E-state index contributed by atoms with van der Waals surface area (Å²) >= 11 is 0. The minimum absolute atomic E-state index is 0.184. The molecule has 0 atom stereocenters. The summed E-state index contributed by atoms with van der Waals surface area (Å²) in [6.07, 6.45) is 17.5. The lowest BCUT2D eigenvalue weighted by atomic mass is 9.70. The lowest BCUT2D eigenvalue weighted by molar-refractivity contribution is -0.112. The van der Waals surface area contributed by atoms with E-state index in [1.54, 1.807) is 13.0 Å². The highest BCUT2D eigenvalue weighted by Gasteiger charge is 2.30. The molecule has 0 bridgehead atoms. The molecule has 22 heavy (non-hydrogen) atoms. The van der Waals surface area contributed by atoms with Gasteiger partial charge in [0, 0.05) is 6.61 Å². The molecule has 0 unspecified atom stereocenters. The fourth-order valence-corrected chi connectivity index (χ4v) is 4.20. The molecule has 2 rings (SSSR count). The predicted octanol–water partition coefficient (Wildman–Crippen LogP) is 5.31. The molecule has 0 aliphatic heterocycles. The highest BCUT2D eigenvalue weighted by atomic mass is 16.5. The van der Waals surface area contributed by atoms with E-state index in [2.05, 4.69) is 13.0 Å². The number of hydrogen-bond acceptors (Lipinski definition) is 2. The van der Waals surface area contributed by atoms with Crippen molar-refractivity contribution in [1.29, 1.82) is 0 Å². The van der Waals surface area contributed by atoms with Crippen LogP contribution in [0.2, 0.25) is 0 Å². The predicted molar refractivity (Wildman–Crippen MR) is 91.9 cm³/mol. The SMILES string of the molecule is CCCCOC1CCC(C2CCC(C=CC(C)=O)CC2)CC1. The van der Waals surface area contributed by atoms with E-state index in [1.807, 2.05) is 0 Å². The molecular weight excluding hydrogens is 272 g/mol. The number of carbonyl (C=O) groups excluding carboxylic acids is 1. The minimum Gasteiger partial charge on any atom is -0.378 e. The van der Waals surface area contributed by atoms with E-state index >= 15 is 0 Å². The van der Waals surface area contributed by atoms with E-state index in [-0.39, 0.29) is 5.78 Å². The first kappa shape index (κ1) is 17.7. The Balaban J connectivity index is 1.65. The van der Waals surface area contributed by atoms with Gasteiger partial charge in [0.1, 0.15) is 0 Å². The van der Waals surface area contributed by atoms with Crippen LogP contribution in [-0.2, 0) is 9.53 Å². The Morgan fingerprint density at radius 2 is 1.59 bits per heavy atom. The van der Waals surface area contributed by atoms with Gasteiger partial charge in [-0.25, -0.2) is 0 Å². The molecule has 0 aromatic carbocycles. The van der Waals surface area contributed by atoms with Crippen LogP contribution in [0.25, 0.3) is 0 Å². The van der Waals surface area contributed by atoms with Gasteiger partial charge < -0.3 is 4.74 Å². The maximum atomic E-state index is 11.0. The van der Waals surface area contributed by atoms with E-state index in [9.17, 15) is 4.79 Å². The van der Waals surface area contributed by atoms with E-state index in [0.29, 0.717) is 12.0 Å². The van der Waals surface area contributed by atoms with Crippen molar-refractivity contribution in [3.63, 3.8) is 0 Å². The fraction of sp³-hybridized carbons (Fsp3) is 0.850. The second-order valence-corrected chi connectivity index (χ2v) is 7.41. The maximum Gasteiger partial charge on any atom is 0.152 e. The monoisotopic (exact) mass is 306 g/mol. The van der Waals surface area contributed by atoms with Crippen LogP contribution < -0.4 is 0 Å². The number of ketones is 1. The molecule has 2 fully saturated rings. The molecule has 2 aliphatic carbocycles. The molecule has 0 amide bonds. The summed E-state index contributed by atoms with van der Waals surface area (Å²) in [7, 11) is 0. The molecule has 0 N–H and O–H groups in total. The first-order valence-corrected chi connectivity index (χ1v) is 9.49. The first-order chi connectivity index (χ1) is 10.7. The van der Waals surface area contributed by atoms with Crippen LogP contribution in [0.1, 0.15) is 78.1 Å². The van der Waals surface area contributed by atoms with Crippen LogP contribution in [-0.4, -0.2) is 18.5 Å². The van der Waals surface area contributed by atoms with Crippen molar-refractivity contribution < 1.29 is 9.53 Å². The third kappa shape index (κ3) is 5.87. The van der Waals surface area contributed by atoms with Crippen molar-refractivity contribution in [2.45, 2.75) is 84.2 Å². The van der Waals surface area contributed by atoms with Gasteiger partial charge in [-0.3, -0.25) is 4.79 Å². The van der Waals surface area contributed by atoms with Gasteiger partial charge in [0.05, 0.1) is 6.10 Å². The van der Waals surface area contributed by atoms with E-state index < -0.39 is 0 Å². The number of rotatable bonds is 7. The Hall–Kier alpha value is -0.630. The summed E-state index contributed by atoms with van der Waals surface area (Å²) in [6, 6.07) is 0. The second kappa shape index (κ2) is 9.50. The molecule has 0 spiro atoms. The quantitative estimate of drug-likeness (QED) is 0.470. The van der Waals surface area contributed by atoms with E-state index in [0.717, 1.165) is 18.4 Å². The third-order valence-corrected chi connectivity index (χ3v) is 5.66. The van der Waals surface area contributed by atoms with Gasteiger partial charge in [0.25, 0.3) is 0 Å². The van der Waals surface area contributed by atoms with Gasteiger partial charge in [-0.2, -0.15) is 0 Å².